The third-order valence-corrected chi connectivity index (χ3v) is 4.32. The number of hydrogen-bond donors (Lipinski definition) is 0. The fourth-order valence-corrected chi connectivity index (χ4v) is 3.38. The first-order chi connectivity index (χ1) is 7.84. The van der Waals surface area contributed by atoms with Gasteiger partial charge < -0.3 is 0 Å². The van der Waals surface area contributed by atoms with Gasteiger partial charge in [0.25, 0.3) is 0 Å². The molecule has 0 spiro atoms. The minimum absolute atomic E-state index is 0.579. The number of thioether (sulfide) groups is 1. The van der Waals surface area contributed by atoms with Gasteiger partial charge in [0.05, 0.1) is 0 Å². The lowest BCUT2D eigenvalue weighted by Crippen LogP contribution is -2.12. The Balaban J connectivity index is 2.05. The van der Waals surface area contributed by atoms with Gasteiger partial charge in [-0.3, -0.25) is 4.40 Å². The lowest BCUT2D eigenvalue weighted by atomic mass is 10.0. The number of hydrogen-bond acceptors (Lipinski definition) is 3. The maximum absolute atomic E-state index is 4.36. The van der Waals surface area contributed by atoms with E-state index in [1.807, 2.05) is 17.8 Å². The van der Waals surface area contributed by atoms with Crippen molar-refractivity contribution in [1.82, 2.24) is 14.6 Å². The zero-order valence-corrected chi connectivity index (χ0v) is 10.2. The van der Waals surface area contributed by atoms with Crippen LogP contribution in [0, 0.1) is 6.92 Å². The van der Waals surface area contributed by atoms with Crippen LogP contribution in [-0.2, 0) is 0 Å². The van der Waals surface area contributed by atoms with Crippen molar-refractivity contribution in [3.05, 3.63) is 29.7 Å². The van der Waals surface area contributed by atoms with Crippen LogP contribution >= 0.6 is 11.8 Å². The summed E-state index contributed by atoms with van der Waals surface area (Å²) in [6.45, 7) is 2.11. The molecule has 0 aliphatic carbocycles. The highest BCUT2D eigenvalue weighted by Crippen LogP contribution is 2.30. The fraction of sp³-hybridized carbons (Fsp3) is 0.500. The van der Waals surface area contributed by atoms with Gasteiger partial charge in [-0.25, -0.2) is 0 Å². The summed E-state index contributed by atoms with van der Waals surface area (Å²) in [4.78, 5) is 0. The average molecular weight is 233 g/mol. The first-order valence-corrected chi connectivity index (χ1v) is 6.89. The van der Waals surface area contributed by atoms with Crippen LogP contribution in [0.3, 0.4) is 0 Å². The van der Waals surface area contributed by atoms with E-state index in [0.717, 1.165) is 11.5 Å². The smallest absolute Gasteiger partial charge is 0.160 e. The third kappa shape index (κ3) is 1.71. The van der Waals surface area contributed by atoms with E-state index in [1.54, 1.807) is 0 Å². The molecule has 84 valence electrons. The Kier molecular flexibility index (Phi) is 2.59. The molecule has 0 saturated carbocycles. The minimum Gasteiger partial charge on any atom is -0.286 e. The van der Waals surface area contributed by atoms with Crippen molar-refractivity contribution in [3.63, 3.8) is 0 Å². The monoisotopic (exact) mass is 233 g/mol. The van der Waals surface area contributed by atoms with Gasteiger partial charge in [-0.2, -0.15) is 11.8 Å². The molecule has 3 heterocycles. The van der Waals surface area contributed by atoms with Gasteiger partial charge >= 0.3 is 0 Å². The maximum Gasteiger partial charge on any atom is 0.160 e. The lowest BCUT2D eigenvalue weighted by Gasteiger charge is -2.19. The summed E-state index contributed by atoms with van der Waals surface area (Å²) in [6.07, 6.45) is 4.70. The number of aromatic nitrogens is 3. The van der Waals surface area contributed by atoms with E-state index < -0.39 is 0 Å². The van der Waals surface area contributed by atoms with Gasteiger partial charge in [0.1, 0.15) is 5.82 Å². The van der Waals surface area contributed by atoms with Crippen molar-refractivity contribution in [2.45, 2.75) is 25.7 Å². The summed E-state index contributed by atoms with van der Waals surface area (Å²) < 4.78 is 2.16. The van der Waals surface area contributed by atoms with Crippen molar-refractivity contribution < 1.29 is 0 Å². The summed E-state index contributed by atoms with van der Waals surface area (Å²) in [5.41, 5.74) is 2.23. The molecule has 1 saturated heterocycles. The standard InChI is InChI=1S/C12H15N3S/c1-9-4-5-11-13-14-12(15(11)7-9)10-3-2-6-16-8-10/h4-5,7,10H,2-3,6,8H2,1H3. The third-order valence-electron chi connectivity index (χ3n) is 3.10. The van der Waals surface area contributed by atoms with Crippen molar-refractivity contribution >= 4 is 17.4 Å². The highest BCUT2D eigenvalue weighted by molar-refractivity contribution is 7.99. The molecule has 1 unspecified atom stereocenters. The van der Waals surface area contributed by atoms with Crippen molar-refractivity contribution in [2.75, 3.05) is 11.5 Å². The lowest BCUT2D eigenvalue weighted by molar-refractivity contribution is 0.616. The second-order valence-corrected chi connectivity index (χ2v) is 5.56. The van der Waals surface area contributed by atoms with E-state index in [1.165, 1.54) is 29.9 Å². The van der Waals surface area contributed by atoms with Gasteiger partial charge in [-0.05, 0) is 37.1 Å². The molecule has 1 aliphatic rings. The van der Waals surface area contributed by atoms with Crippen LogP contribution in [-0.4, -0.2) is 26.1 Å². The van der Waals surface area contributed by atoms with Gasteiger partial charge in [-0.15, -0.1) is 10.2 Å². The summed E-state index contributed by atoms with van der Waals surface area (Å²) in [5, 5.41) is 8.60. The molecule has 0 aromatic carbocycles. The average Bonchev–Trinajstić information content (AvgIpc) is 2.73. The second-order valence-electron chi connectivity index (χ2n) is 4.41. The van der Waals surface area contributed by atoms with Crippen molar-refractivity contribution in [3.8, 4) is 0 Å². The maximum atomic E-state index is 4.36. The van der Waals surface area contributed by atoms with Crippen LogP contribution < -0.4 is 0 Å². The van der Waals surface area contributed by atoms with E-state index in [9.17, 15) is 0 Å². The molecule has 1 aliphatic heterocycles. The zero-order valence-electron chi connectivity index (χ0n) is 9.39. The number of pyridine rings is 1. The van der Waals surface area contributed by atoms with Crippen molar-refractivity contribution in [1.29, 1.82) is 0 Å². The predicted molar refractivity (Wildman–Crippen MR) is 67.0 cm³/mol. The predicted octanol–water partition coefficient (Wildman–Crippen LogP) is 2.65. The molecule has 1 fully saturated rings. The second kappa shape index (κ2) is 4.09. The zero-order chi connectivity index (χ0) is 11.0. The van der Waals surface area contributed by atoms with Crippen molar-refractivity contribution in [2.24, 2.45) is 0 Å². The Morgan fingerprint density at radius 3 is 3.12 bits per heavy atom. The van der Waals surface area contributed by atoms with Gasteiger partial charge in [0, 0.05) is 17.9 Å². The highest BCUT2D eigenvalue weighted by Gasteiger charge is 2.20. The van der Waals surface area contributed by atoms with E-state index in [-0.39, 0.29) is 0 Å². The topological polar surface area (TPSA) is 30.2 Å². The summed E-state index contributed by atoms with van der Waals surface area (Å²) in [7, 11) is 0. The Hall–Kier alpha value is -1.03. The highest BCUT2D eigenvalue weighted by atomic mass is 32.2. The fourth-order valence-electron chi connectivity index (χ4n) is 2.24. The number of nitrogens with zero attached hydrogens (tertiary/aromatic N) is 3. The number of fused-ring (bicyclic) bond motifs is 1. The number of rotatable bonds is 1. The molecule has 0 radical (unpaired) electrons. The first kappa shape index (κ1) is 10.1. The van der Waals surface area contributed by atoms with Crippen LogP contribution in [0.5, 0.6) is 0 Å². The summed E-state index contributed by atoms with van der Waals surface area (Å²) >= 11 is 2.03. The Bertz CT molecular complexity index is 500. The Morgan fingerprint density at radius 1 is 1.38 bits per heavy atom. The number of aryl methyl sites for hydroxylation is 1. The molecule has 1 atom stereocenters. The molecule has 0 amide bonds. The van der Waals surface area contributed by atoms with Crippen LogP contribution in [0.25, 0.3) is 5.65 Å². The van der Waals surface area contributed by atoms with Gasteiger partial charge in [0.2, 0.25) is 0 Å². The minimum atomic E-state index is 0.579. The van der Waals surface area contributed by atoms with Crippen LogP contribution in [0.4, 0.5) is 0 Å². The quantitative estimate of drug-likeness (QED) is 0.758. The molecule has 3 rings (SSSR count). The molecule has 0 N–H and O–H groups in total. The molecule has 2 aromatic rings. The van der Waals surface area contributed by atoms with Gasteiger partial charge in [-0.1, -0.05) is 6.07 Å². The summed E-state index contributed by atoms with van der Waals surface area (Å²) in [5.74, 6) is 4.21. The molecule has 16 heavy (non-hydrogen) atoms. The summed E-state index contributed by atoms with van der Waals surface area (Å²) in [6, 6.07) is 4.13. The molecule has 2 aromatic heterocycles. The Morgan fingerprint density at radius 2 is 2.31 bits per heavy atom. The molecule has 0 bridgehead atoms. The van der Waals surface area contributed by atoms with Gasteiger partial charge in [0.15, 0.2) is 5.65 Å². The van der Waals surface area contributed by atoms with E-state index in [0.29, 0.717) is 5.92 Å². The molecule has 3 nitrogen and oxygen atoms in total. The largest absolute Gasteiger partial charge is 0.286 e. The first-order valence-electron chi connectivity index (χ1n) is 5.73. The normalized spacial score (nSPS) is 21.4. The van der Waals surface area contributed by atoms with E-state index in [2.05, 4.69) is 33.8 Å². The van der Waals surface area contributed by atoms with E-state index >= 15 is 0 Å². The molecular weight excluding hydrogens is 218 g/mol. The van der Waals surface area contributed by atoms with Crippen LogP contribution in [0.15, 0.2) is 18.3 Å². The Labute approximate surface area is 99.3 Å². The van der Waals surface area contributed by atoms with Crippen LogP contribution in [0.1, 0.15) is 30.1 Å². The van der Waals surface area contributed by atoms with Crippen LogP contribution in [0.2, 0.25) is 0 Å². The molecule has 4 heteroatoms. The van der Waals surface area contributed by atoms with E-state index in [4.69, 9.17) is 0 Å². The molecular formula is C12H15N3S. The SMILES string of the molecule is Cc1ccc2nnc(C3CCCSC3)n2c1.